The Morgan fingerprint density at radius 1 is 1.30 bits per heavy atom. The van der Waals surface area contributed by atoms with Gasteiger partial charge in [0.1, 0.15) is 5.82 Å². The monoisotopic (exact) mass is 391 g/mol. The Morgan fingerprint density at radius 2 is 2.04 bits per heavy atom. The van der Waals surface area contributed by atoms with Crippen LogP contribution in [0.15, 0.2) is 52.0 Å². The number of benzene rings is 2. The molecular weight excluding hydrogens is 381 g/mol. The van der Waals surface area contributed by atoms with E-state index in [1.807, 2.05) is 24.3 Å². The van der Waals surface area contributed by atoms with E-state index in [-0.39, 0.29) is 11.7 Å². The summed E-state index contributed by atoms with van der Waals surface area (Å²) < 4.78 is 14.9. The fraction of sp³-hybridized carbons (Fsp3) is 0.0625. The molecule has 0 saturated heterocycles. The van der Waals surface area contributed by atoms with E-state index in [9.17, 15) is 9.18 Å². The first-order valence-electron chi connectivity index (χ1n) is 6.69. The van der Waals surface area contributed by atoms with Gasteiger partial charge in [-0.1, -0.05) is 39.4 Å². The minimum Gasteiger partial charge on any atom is -0.273 e. The topological polar surface area (TPSA) is 45.6 Å². The standard InChI is InChI=1S/C16H11BrFN3OS/c1-10(22)21(19-9-11-2-4-12(17)5-3-11)16-20-14-7-6-13(18)8-15(14)23-16/h2-9H,1H3. The summed E-state index contributed by atoms with van der Waals surface area (Å²) in [5.41, 5.74) is 1.49. The molecule has 0 saturated carbocycles. The van der Waals surface area contributed by atoms with Crippen LogP contribution in [0.5, 0.6) is 0 Å². The van der Waals surface area contributed by atoms with Gasteiger partial charge in [0.15, 0.2) is 0 Å². The highest BCUT2D eigenvalue weighted by Gasteiger charge is 2.15. The fourth-order valence-electron chi connectivity index (χ4n) is 1.92. The summed E-state index contributed by atoms with van der Waals surface area (Å²) >= 11 is 4.58. The summed E-state index contributed by atoms with van der Waals surface area (Å²) in [4.78, 5) is 16.2. The molecule has 3 rings (SSSR count). The van der Waals surface area contributed by atoms with Crippen LogP contribution in [0, 0.1) is 5.82 Å². The van der Waals surface area contributed by atoms with Crippen LogP contribution in [0.1, 0.15) is 12.5 Å². The van der Waals surface area contributed by atoms with E-state index in [0.717, 1.165) is 10.0 Å². The molecule has 7 heteroatoms. The van der Waals surface area contributed by atoms with E-state index in [1.54, 1.807) is 12.3 Å². The predicted molar refractivity (Wildman–Crippen MR) is 94.5 cm³/mol. The molecule has 0 aliphatic rings. The van der Waals surface area contributed by atoms with Crippen LogP contribution in [0.25, 0.3) is 10.2 Å². The highest BCUT2D eigenvalue weighted by Crippen LogP contribution is 2.29. The molecule has 0 atom stereocenters. The molecule has 116 valence electrons. The molecule has 4 nitrogen and oxygen atoms in total. The second kappa shape index (κ2) is 6.55. The van der Waals surface area contributed by atoms with Crippen molar-refractivity contribution in [3.8, 4) is 0 Å². The molecule has 0 aliphatic carbocycles. The molecular formula is C16H11BrFN3OS. The second-order valence-corrected chi connectivity index (χ2v) is 6.66. The minimum atomic E-state index is -0.333. The zero-order chi connectivity index (χ0) is 16.4. The van der Waals surface area contributed by atoms with Crippen molar-refractivity contribution in [3.63, 3.8) is 0 Å². The Bertz CT molecular complexity index is 892. The number of rotatable bonds is 3. The van der Waals surface area contributed by atoms with Crippen molar-refractivity contribution >= 4 is 54.7 Å². The molecule has 23 heavy (non-hydrogen) atoms. The van der Waals surface area contributed by atoms with Crippen LogP contribution in [-0.4, -0.2) is 17.1 Å². The SMILES string of the molecule is CC(=O)N(N=Cc1ccc(Br)cc1)c1nc2ccc(F)cc2s1. The van der Waals surface area contributed by atoms with Crippen molar-refractivity contribution < 1.29 is 9.18 Å². The summed E-state index contributed by atoms with van der Waals surface area (Å²) in [5, 5.41) is 5.83. The molecule has 3 aromatic rings. The Balaban J connectivity index is 1.93. The lowest BCUT2D eigenvalue weighted by Gasteiger charge is -2.10. The molecule has 0 fully saturated rings. The average Bonchev–Trinajstić information content (AvgIpc) is 2.91. The maximum atomic E-state index is 13.3. The Morgan fingerprint density at radius 3 is 2.74 bits per heavy atom. The molecule has 0 N–H and O–H groups in total. The zero-order valence-electron chi connectivity index (χ0n) is 12.0. The number of amides is 1. The van der Waals surface area contributed by atoms with Crippen molar-refractivity contribution in [2.24, 2.45) is 5.10 Å². The van der Waals surface area contributed by atoms with Gasteiger partial charge in [-0.25, -0.2) is 9.37 Å². The minimum absolute atomic E-state index is 0.266. The summed E-state index contributed by atoms with van der Waals surface area (Å²) in [6, 6.07) is 11.9. The number of anilines is 1. The highest BCUT2D eigenvalue weighted by molar-refractivity contribution is 9.10. The van der Waals surface area contributed by atoms with Crippen molar-refractivity contribution in [1.29, 1.82) is 0 Å². The van der Waals surface area contributed by atoms with Gasteiger partial charge in [-0.15, -0.1) is 0 Å². The molecule has 2 aromatic carbocycles. The summed E-state index contributed by atoms with van der Waals surface area (Å²) in [6.07, 6.45) is 1.58. The van der Waals surface area contributed by atoms with Gasteiger partial charge in [0, 0.05) is 11.4 Å². The lowest BCUT2D eigenvalue weighted by molar-refractivity contribution is -0.116. The van der Waals surface area contributed by atoms with Crippen molar-refractivity contribution in [2.75, 3.05) is 5.01 Å². The lowest BCUT2D eigenvalue weighted by Crippen LogP contribution is -2.22. The fourth-order valence-corrected chi connectivity index (χ4v) is 3.17. The molecule has 0 bridgehead atoms. The Labute approximate surface area is 144 Å². The van der Waals surface area contributed by atoms with E-state index in [0.29, 0.717) is 15.3 Å². The van der Waals surface area contributed by atoms with Gasteiger partial charge in [0.2, 0.25) is 11.0 Å². The molecule has 1 heterocycles. The summed E-state index contributed by atoms with van der Waals surface area (Å²) in [7, 11) is 0. The smallest absolute Gasteiger partial charge is 0.246 e. The quantitative estimate of drug-likeness (QED) is 0.484. The van der Waals surface area contributed by atoms with Crippen molar-refractivity contribution in [1.82, 2.24) is 4.98 Å². The number of carbonyl (C=O) groups excluding carboxylic acids is 1. The largest absolute Gasteiger partial charge is 0.273 e. The van der Waals surface area contributed by atoms with Crippen LogP contribution in [-0.2, 0) is 4.79 Å². The number of aromatic nitrogens is 1. The van der Waals surface area contributed by atoms with E-state index in [4.69, 9.17) is 0 Å². The van der Waals surface area contributed by atoms with Gasteiger partial charge in [-0.05, 0) is 35.9 Å². The van der Waals surface area contributed by atoms with Gasteiger partial charge in [0.25, 0.3) is 0 Å². The highest BCUT2D eigenvalue weighted by atomic mass is 79.9. The van der Waals surface area contributed by atoms with E-state index in [2.05, 4.69) is 26.0 Å². The van der Waals surface area contributed by atoms with Crippen LogP contribution in [0.3, 0.4) is 0 Å². The third kappa shape index (κ3) is 3.62. The number of nitrogens with zero attached hydrogens (tertiary/aromatic N) is 3. The average molecular weight is 392 g/mol. The van der Waals surface area contributed by atoms with Crippen LogP contribution >= 0.6 is 27.3 Å². The predicted octanol–water partition coefficient (Wildman–Crippen LogP) is 4.58. The third-order valence-corrected chi connectivity index (χ3v) is 4.53. The maximum Gasteiger partial charge on any atom is 0.246 e. The van der Waals surface area contributed by atoms with Crippen LogP contribution in [0.2, 0.25) is 0 Å². The van der Waals surface area contributed by atoms with Gasteiger partial charge in [0.05, 0.1) is 16.4 Å². The molecule has 0 radical (unpaired) electrons. The lowest BCUT2D eigenvalue weighted by atomic mass is 10.2. The first kappa shape index (κ1) is 15.8. The Hall–Kier alpha value is -2.12. The Kier molecular flexibility index (Phi) is 4.49. The molecule has 1 amide bonds. The molecule has 1 aromatic heterocycles. The normalized spacial score (nSPS) is 11.3. The van der Waals surface area contributed by atoms with Crippen LogP contribution in [0.4, 0.5) is 9.52 Å². The third-order valence-electron chi connectivity index (χ3n) is 3.01. The maximum absolute atomic E-state index is 13.3. The van der Waals surface area contributed by atoms with E-state index >= 15 is 0 Å². The van der Waals surface area contributed by atoms with Gasteiger partial charge >= 0.3 is 0 Å². The number of fused-ring (bicyclic) bond motifs is 1. The number of carbonyl (C=O) groups is 1. The van der Waals surface area contributed by atoms with Gasteiger partial charge < -0.3 is 0 Å². The zero-order valence-corrected chi connectivity index (χ0v) is 14.4. The van der Waals surface area contributed by atoms with E-state index < -0.39 is 0 Å². The number of hydrogen-bond acceptors (Lipinski definition) is 4. The first-order valence-corrected chi connectivity index (χ1v) is 8.30. The van der Waals surface area contributed by atoms with Gasteiger partial charge in [-0.3, -0.25) is 4.79 Å². The number of halogens is 2. The molecule has 0 spiro atoms. The van der Waals surface area contributed by atoms with Crippen LogP contribution < -0.4 is 5.01 Å². The van der Waals surface area contributed by atoms with Crippen molar-refractivity contribution in [2.45, 2.75) is 6.92 Å². The number of thiazole rings is 1. The van der Waals surface area contributed by atoms with Gasteiger partial charge in [-0.2, -0.15) is 10.1 Å². The summed E-state index contributed by atoms with van der Waals surface area (Å²) in [5.74, 6) is -0.599. The first-order chi connectivity index (χ1) is 11.0. The second-order valence-electron chi connectivity index (χ2n) is 4.74. The summed E-state index contributed by atoms with van der Waals surface area (Å²) in [6.45, 7) is 1.41. The molecule has 0 unspecified atom stereocenters. The number of hydrogen-bond donors (Lipinski definition) is 0. The van der Waals surface area contributed by atoms with E-state index in [1.165, 1.54) is 35.4 Å². The molecule has 0 aliphatic heterocycles. The number of hydrazone groups is 1. The van der Waals surface area contributed by atoms with Crippen molar-refractivity contribution in [3.05, 3.63) is 58.3 Å².